The Bertz CT molecular complexity index is 257. The summed E-state index contributed by atoms with van der Waals surface area (Å²) in [5.74, 6) is 6.29. The second kappa shape index (κ2) is 4.59. The Labute approximate surface area is 84.4 Å². The van der Waals surface area contributed by atoms with Gasteiger partial charge in [0.25, 0.3) is 0 Å². The summed E-state index contributed by atoms with van der Waals surface area (Å²) in [7, 11) is 1.69. The summed E-state index contributed by atoms with van der Waals surface area (Å²) in [6.45, 7) is 4.03. The van der Waals surface area contributed by atoms with E-state index in [1.807, 2.05) is 26.0 Å². The second-order valence-corrected chi connectivity index (χ2v) is 3.90. The lowest BCUT2D eigenvalue weighted by molar-refractivity contribution is 0.00500. The molecule has 80 valence electrons. The Balaban J connectivity index is 2.65. The average molecular weight is 198 g/mol. The summed E-state index contributed by atoms with van der Waals surface area (Å²) in [6.07, 6.45) is 2.40. The van der Waals surface area contributed by atoms with Gasteiger partial charge in [-0.3, -0.25) is 5.84 Å². The van der Waals surface area contributed by atoms with Gasteiger partial charge in [-0.15, -0.1) is 0 Å². The summed E-state index contributed by atoms with van der Waals surface area (Å²) in [6, 6.07) is 3.73. The average Bonchev–Trinajstić information content (AvgIpc) is 2.67. The zero-order valence-corrected chi connectivity index (χ0v) is 8.91. The molecule has 1 rings (SSSR count). The Morgan fingerprint density at radius 1 is 1.64 bits per heavy atom. The zero-order chi connectivity index (χ0) is 10.6. The third-order valence-corrected chi connectivity index (χ3v) is 2.34. The first-order chi connectivity index (χ1) is 6.59. The molecule has 1 aromatic heterocycles. The van der Waals surface area contributed by atoms with Crippen LogP contribution in [0.2, 0.25) is 0 Å². The number of hydrogen-bond acceptors (Lipinski definition) is 4. The van der Waals surface area contributed by atoms with Crippen LogP contribution in [0.5, 0.6) is 0 Å². The predicted octanol–water partition coefficient (Wildman–Crippen LogP) is 1.60. The lowest BCUT2D eigenvalue weighted by atomic mass is 9.98. The summed E-state index contributed by atoms with van der Waals surface area (Å²) in [5.41, 5.74) is 2.50. The highest BCUT2D eigenvalue weighted by molar-refractivity contribution is 5.05. The number of rotatable bonds is 5. The lowest BCUT2D eigenvalue weighted by Gasteiger charge is -2.27. The molecular weight excluding hydrogens is 180 g/mol. The van der Waals surface area contributed by atoms with Crippen molar-refractivity contribution >= 4 is 0 Å². The van der Waals surface area contributed by atoms with Crippen LogP contribution in [0.4, 0.5) is 0 Å². The van der Waals surface area contributed by atoms with Crippen molar-refractivity contribution in [3.8, 4) is 0 Å². The molecule has 0 saturated heterocycles. The fourth-order valence-electron chi connectivity index (χ4n) is 1.31. The van der Waals surface area contributed by atoms with E-state index in [-0.39, 0.29) is 11.6 Å². The third kappa shape index (κ3) is 2.83. The van der Waals surface area contributed by atoms with E-state index in [9.17, 15) is 0 Å². The van der Waals surface area contributed by atoms with E-state index in [4.69, 9.17) is 15.0 Å². The molecule has 0 aliphatic heterocycles. The molecule has 0 radical (unpaired) electrons. The van der Waals surface area contributed by atoms with Crippen molar-refractivity contribution in [2.45, 2.75) is 31.9 Å². The van der Waals surface area contributed by atoms with Crippen molar-refractivity contribution in [2.75, 3.05) is 7.11 Å². The quantitative estimate of drug-likeness (QED) is 0.557. The van der Waals surface area contributed by atoms with Gasteiger partial charge in [-0.05, 0) is 32.4 Å². The molecule has 0 fully saturated rings. The maximum Gasteiger partial charge on any atom is 0.122 e. The van der Waals surface area contributed by atoms with E-state index < -0.39 is 0 Å². The number of nitrogens with one attached hydrogen (secondary N) is 1. The van der Waals surface area contributed by atoms with Crippen molar-refractivity contribution < 1.29 is 9.15 Å². The monoisotopic (exact) mass is 198 g/mol. The second-order valence-electron chi connectivity index (χ2n) is 3.90. The molecule has 1 heterocycles. The minimum absolute atomic E-state index is 0.0139. The minimum atomic E-state index is -0.218. The number of nitrogens with two attached hydrogens (primary N) is 1. The Morgan fingerprint density at radius 2 is 2.36 bits per heavy atom. The normalized spacial score (nSPS) is 14.3. The molecule has 0 aliphatic carbocycles. The third-order valence-electron chi connectivity index (χ3n) is 2.34. The van der Waals surface area contributed by atoms with Gasteiger partial charge in [0.05, 0.1) is 17.9 Å². The van der Waals surface area contributed by atoms with E-state index in [1.165, 1.54) is 0 Å². The summed E-state index contributed by atoms with van der Waals surface area (Å²) in [5, 5.41) is 0. The molecule has 0 spiro atoms. The van der Waals surface area contributed by atoms with Gasteiger partial charge in [-0.1, -0.05) is 0 Å². The highest BCUT2D eigenvalue weighted by Gasteiger charge is 2.24. The molecule has 0 aromatic carbocycles. The Morgan fingerprint density at radius 3 is 2.79 bits per heavy atom. The van der Waals surface area contributed by atoms with Gasteiger partial charge in [0, 0.05) is 7.11 Å². The van der Waals surface area contributed by atoms with Crippen molar-refractivity contribution in [3.05, 3.63) is 24.2 Å². The largest absolute Gasteiger partial charge is 0.468 e. The Kier molecular flexibility index (Phi) is 3.69. The van der Waals surface area contributed by atoms with Gasteiger partial charge in [0.15, 0.2) is 0 Å². The van der Waals surface area contributed by atoms with Gasteiger partial charge in [0.2, 0.25) is 0 Å². The number of ether oxygens (including phenoxy) is 1. The van der Waals surface area contributed by atoms with Crippen LogP contribution >= 0.6 is 0 Å². The SMILES string of the molecule is COC(C)(C)CC(NN)c1ccco1. The van der Waals surface area contributed by atoms with E-state index >= 15 is 0 Å². The molecule has 1 aromatic rings. The van der Waals surface area contributed by atoms with Crippen LogP contribution < -0.4 is 11.3 Å². The van der Waals surface area contributed by atoms with Crippen molar-refractivity contribution in [1.29, 1.82) is 0 Å². The highest BCUT2D eigenvalue weighted by atomic mass is 16.5. The van der Waals surface area contributed by atoms with E-state index in [0.29, 0.717) is 0 Å². The smallest absolute Gasteiger partial charge is 0.122 e. The standard InChI is InChI=1S/C10H18N2O2/c1-10(2,13-3)7-8(12-11)9-5-4-6-14-9/h4-6,8,12H,7,11H2,1-3H3. The first-order valence-corrected chi connectivity index (χ1v) is 4.64. The molecule has 1 unspecified atom stereocenters. The topological polar surface area (TPSA) is 60.4 Å². The van der Waals surface area contributed by atoms with Crippen LogP contribution in [0.25, 0.3) is 0 Å². The molecule has 0 bridgehead atoms. The maximum absolute atomic E-state index is 5.46. The molecule has 0 amide bonds. The van der Waals surface area contributed by atoms with Crippen LogP contribution in [0, 0.1) is 0 Å². The van der Waals surface area contributed by atoms with Gasteiger partial charge in [0.1, 0.15) is 5.76 Å². The molecule has 3 N–H and O–H groups in total. The fourth-order valence-corrected chi connectivity index (χ4v) is 1.31. The Hall–Kier alpha value is -0.840. The van der Waals surface area contributed by atoms with Gasteiger partial charge < -0.3 is 9.15 Å². The van der Waals surface area contributed by atoms with Crippen LogP contribution in [0.1, 0.15) is 32.1 Å². The molecule has 14 heavy (non-hydrogen) atoms. The highest BCUT2D eigenvalue weighted by Crippen LogP contribution is 2.25. The minimum Gasteiger partial charge on any atom is -0.468 e. The van der Waals surface area contributed by atoms with Gasteiger partial charge in [-0.25, -0.2) is 5.43 Å². The number of methoxy groups -OCH3 is 1. The molecular formula is C10H18N2O2. The van der Waals surface area contributed by atoms with Crippen molar-refractivity contribution in [2.24, 2.45) is 5.84 Å². The maximum atomic E-state index is 5.46. The summed E-state index contributed by atoms with van der Waals surface area (Å²) < 4.78 is 10.6. The van der Waals surface area contributed by atoms with Crippen LogP contribution in [0.3, 0.4) is 0 Å². The van der Waals surface area contributed by atoms with Crippen LogP contribution in [-0.4, -0.2) is 12.7 Å². The van der Waals surface area contributed by atoms with E-state index in [0.717, 1.165) is 12.2 Å². The molecule has 4 nitrogen and oxygen atoms in total. The van der Waals surface area contributed by atoms with Crippen LogP contribution in [-0.2, 0) is 4.74 Å². The first kappa shape index (κ1) is 11.2. The number of hydrazine groups is 1. The molecule has 4 heteroatoms. The zero-order valence-electron chi connectivity index (χ0n) is 8.91. The van der Waals surface area contributed by atoms with Crippen LogP contribution in [0.15, 0.2) is 22.8 Å². The van der Waals surface area contributed by atoms with Gasteiger partial charge in [-0.2, -0.15) is 0 Å². The first-order valence-electron chi connectivity index (χ1n) is 4.64. The number of furan rings is 1. The van der Waals surface area contributed by atoms with E-state index in [1.54, 1.807) is 13.4 Å². The fraction of sp³-hybridized carbons (Fsp3) is 0.600. The van der Waals surface area contributed by atoms with Gasteiger partial charge >= 0.3 is 0 Å². The lowest BCUT2D eigenvalue weighted by Crippen LogP contribution is -2.35. The molecule has 1 atom stereocenters. The predicted molar refractivity (Wildman–Crippen MR) is 54.5 cm³/mol. The number of hydrogen-bond donors (Lipinski definition) is 2. The van der Waals surface area contributed by atoms with Crippen molar-refractivity contribution in [1.82, 2.24) is 5.43 Å². The molecule has 0 saturated carbocycles. The summed E-state index contributed by atoms with van der Waals surface area (Å²) in [4.78, 5) is 0. The summed E-state index contributed by atoms with van der Waals surface area (Å²) >= 11 is 0. The van der Waals surface area contributed by atoms with Crippen molar-refractivity contribution in [3.63, 3.8) is 0 Å². The van der Waals surface area contributed by atoms with E-state index in [2.05, 4.69) is 5.43 Å². The molecule has 0 aliphatic rings.